The topological polar surface area (TPSA) is 84.9 Å². The largest absolute Gasteiger partial charge is 0.497 e. The van der Waals surface area contributed by atoms with E-state index >= 15 is 0 Å². The number of carbonyl (C=O) groups is 1. The molecule has 1 atom stereocenters. The van der Waals surface area contributed by atoms with Gasteiger partial charge in [-0.3, -0.25) is 9.10 Å². The average Bonchev–Trinajstić information content (AvgIpc) is 2.81. The van der Waals surface area contributed by atoms with Gasteiger partial charge >= 0.3 is 0 Å². The van der Waals surface area contributed by atoms with Gasteiger partial charge in [-0.15, -0.1) is 0 Å². The minimum Gasteiger partial charge on any atom is -0.497 e. The molecular weight excluding hydrogens is 368 g/mol. The standard InChI is InChI=1S/C19H22N2O5S/c1-13-4-9-17-16(12-13)21(27(3,23)24)11-10-18(26-17)19(22)20-14-5-7-15(25-2)8-6-14/h4-9,12,18H,10-11H2,1-3H3,(H,20,22)/t18-/m0/s1. The molecule has 1 aliphatic rings. The molecule has 2 aromatic carbocycles. The zero-order valence-corrected chi connectivity index (χ0v) is 16.2. The molecule has 144 valence electrons. The van der Waals surface area contributed by atoms with Gasteiger partial charge in [-0.25, -0.2) is 8.42 Å². The van der Waals surface area contributed by atoms with E-state index in [1.54, 1.807) is 43.5 Å². The molecule has 0 saturated heterocycles. The highest BCUT2D eigenvalue weighted by Gasteiger charge is 2.31. The Labute approximate surface area is 158 Å². The Morgan fingerprint density at radius 2 is 1.93 bits per heavy atom. The zero-order valence-electron chi connectivity index (χ0n) is 15.4. The van der Waals surface area contributed by atoms with E-state index in [4.69, 9.17) is 9.47 Å². The smallest absolute Gasteiger partial charge is 0.265 e. The lowest BCUT2D eigenvalue weighted by molar-refractivity contribution is -0.122. The Bertz CT molecular complexity index is 941. The molecule has 0 saturated carbocycles. The van der Waals surface area contributed by atoms with Crippen molar-refractivity contribution in [2.75, 3.05) is 29.5 Å². The van der Waals surface area contributed by atoms with Crippen LogP contribution in [0.4, 0.5) is 11.4 Å². The van der Waals surface area contributed by atoms with Crippen molar-refractivity contribution < 1.29 is 22.7 Å². The first-order valence-corrected chi connectivity index (χ1v) is 10.3. The van der Waals surface area contributed by atoms with Gasteiger partial charge in [-0.1, -0.05) is 6.07 Å². The summed E-state index contributed by atoms with van der Waals surface area (Å²) in [4.78, 5) is 12.7. The highest BCUT2D eigenvalue weighted by molar-refractivity contribution is 7.92. The first-order chi connectivity index (χ1) is 12.8. The second kappa shape index (κ2) is 7.48. The molecule has 7 nitrogen and oxygen atoms in total. The second-order valence-electron chi connectivity index (χ2n) is 6.42. The number of carbonyl (C=O) groups excluding carboxylic acids is 1. The van der Waals surface area contributed by atoms with Crippen molar-refractivity contribution in [2.24, 2.45) is 0 Å². The van der Waals surface area contributed by atoms with E-state index in [-0.39, 0.29) is 18.9 Å². The summed E-state index contributed by atoms with van der Waals surface area (Å²) in [6.07, 6.45) is 0.583. The number of hydrogen-bond donors (Lipinski definition) is 1. The number of amides is 1. The molecule has 0 radical (unpaired) electrons. The minimum absolute atomic E-state index is 0.163. The molecule has 0 fully saturated rings. The molecular formula is C19H22N2O5S. The van der Waals surface area contributed by atoms with Gasteiger partial charge in [0, 0.05) is 18.7 Å². The summed E-state index contributed by atoms with van der Waals surface area (Å²) in [7, 11) is -1.92. The fourth-order valence-corrected chi connectivity index (χ4v) is 3.85. The van der Waals surface area contributed by atoms with Crippen molar-refractivity contribution in [2.45, 2.75) is 19.4 Å². The second-order valence-corrected chi connectivity index (χ2v) is 8.33. The number of nitrogens with one attached hydrogen (secondary N) is 1. The van der Waals surface area contributed by atoms with E-state index in [0.717, 1.165) is 11.8 Å². The molecule has 0 spiro atoms. The molecule has 0 bridgehead atoms. The summed E-state index contributed by atoms with van der Waals surface area (Å²) in [5.41, 5.74) is 1.97. The fourth-order valence-electron chi connectivity index (χ4n) is 2.92. The number of nitrogens with zero attached hydrogens (tertiary/aromatic N) is 1. The first kappa shape index (κ1) is 19.0. The summed E-state index contributed by atoms with van der Waals surface area (Å²) in [6.45, 7) is 2.04. The first-order valence-electron chi connectivity index (χ1n) is 8.48. The number of aryl methyl sites for hydroxylation is 1. The molecule has 1 aliphatic heterocycles. The van der Waals surface area contributed by atoms with E-state index in [2.05, 4.69) is 5.32 Å². The maximum Gasteiger partial charge on any atom is 0.265 e. The average molecular weight is 390 g/mol. The Morgan fingerprint density at radius 3 is 2.56 bits per heavy atom. The minimum atomic E-state index is -3.49. The SMILES string of the molecule is COc1ccc(NC(=O)[C@@H]2CCN(S(C)(=O)=O)c3cc(C)ccc3O2)cc1. The van der Waals surface area contributed by atoms with Crippen LogP contribution in [0.2, 0.25) is 0 Å². The van der Waals surface area contributed by atoms with Crippen LogP contribution in [-0.2, 0) is 14.8 Å². The number of ether oxygens (including phenoxy) is 2. The van der Waals surface area contributed by atoms with Gasteiger partial charge in [0.2, 0.25) is 10.0 Å². The van der Waals surface area contributed by atoms with Crippen LogP contribution in [0.25, 0.3) is 0 Å². The van der Waals surface area contributed by atoms with Crippen molar-refractivity contribution in [3.05, 3.63) is 48.0 Å². The predicted molar refractivity (Wildman–Crippen MR) is 104 cm³/mol. The quantitative estimate of drug-likeness (QED) is 0.867. The van der Waals surface area contributed by atoms with Crippen molar-refractivity contribution in [3.8, 4) is 11.5 Å². The van der Waals surface area contributed by atoms with E-state index in [1.807, 2.05) is 13.0 Å². The third-order valence-corrected chi connectivity index (χ3v) is 5.48. The van der Waals surface area contributed by atoms with Gasteiger partial charge in [0.05, 0.1) is 19.1 Å². The maximum atomic E-state index is 12.7. The molecule has 1 N–H and O–H groups in total. The number of methoxy groups -OCH3 is 1. The predicted octanol–water partition coefficient (Wildman–Crippen LogP) is 2.56. The fraction of sp³-hybridized carbons (Fsp3) is 0.316. The zero-order chi connectivity index (χ0) is 19.6. The lowest BCUT2D eigenvalue weighted by Gasteiger charge is -2.21. The monoisotopic (exact) mass is 390 g/mol. The third-order valence-electron chi connectivity index (χ3n) is 4.30. The van der Waals surface area contributed by atoms with Gasteiger partial charge in [0.1, 0.15) is 11.5 Å². The summed E-state index contributed by atoms with van der Waals surface area (Å²) >= 11 is 0. The van der Waals surface area contributed by atoms with Crippen LogP contribution in [-0.4, -0.2) is 40.3 Å². The molecule has 1 heterocycles. The summed E-state index contributed by atoms with van der Waals surface area (Å²) in [5.74, 6) is 0.729. The summed E-state index contributed by atoms with van der Waals surface area (Å²) in [5, 5.41) is 2.80. The van der Waals surface area contributed by atoms with Crippen LogP contribution in [0.15, 0.2) is 42.5 Å². The van der Waals surface area contributed by atoms with Gasteiger partial charge in [-0.05, 0) is 48.9 Å². The van der Waals surface area contributed by atoms with Crippen LogP contribution < -0.4 is 19.1 Å². The molecule has 0 aromatic heterocycles. The molecule has 3 rings (SSSR count). The van der Waals surface area contributed by atoms with Crippen LogP contribution in [0.1, 0.15) is 12.0 Å². The highest BCUT2D eigenvalue weighted by Crippen LogP contribution is 2.35. The Balaban J connectivity index is 1.83. The maximum absolute atomic E-state index is 12.7. The lowest BCUT2D eigenvalue weighted by atomic mass is 10.2. The van der Waals surface area contributed by atoms with Gasteiger partial charge < -0.3 is 14.8 Å². The number of sulfonamides is 1. The summed E-state index contributed by atoms with van der Waals surface area (Å²) in [6, 6.07) is 12.2. The van der Waals surface area contributed by atoms with E-state index in [0.29, 0.717) is 22.9 Å². The van der Waals surface area contributed by atoms with E-state index in [1.165, 1.54) is 4.31 Å². The highest BCUT2D eigenvalue weighted by atomic mass is 32.2. The molecule has 0 aliphatic carbocycles. The molecule has 8 heteroatoms. The van der Waals surface area contributed by atoms with Crippen LogP contribution in [0, 0.1) is 6.92 Å². The third kappa shape index (κ3) is 4.33. The normalized spacial score (nSPS) is 16.7. The molecule has 2 aromatic rings. The van der Waals surface area contributed by atoms with Crippen LogP contribution >= 0.6 is 0 Å². The Kier molecular flexibility index (Phi) is 5.27. The Morgan fingerprint density at radius 1 is 1.22 bits per heavy atom. The number of rotatable bonds is 4. The van der Waals surface area contributed by atoms with Gasteiger partial charge in [0.25, 0.3) is 5.91 Å². The summed E-state index contributed by atoms with van der Waals surface area (Å²) < 4.78 is 36.7. The van der Waals surface area contributed by atoms with Crippen molar-refractivity contribution in [3.63, 3.8) is 0 Å². The van der Waals surface area contributed by atoms with E-state index in [9.17, 15) is 13.2 Å². The van der Waals surface area contributed by atoms with Crippen molar-refractivity contribution in [1.82, 2.24) is 0 Å². The van der Waals surface area contributed by atoms with Crippen LogP contribution in [0.5, 0.6) is 11.5 Å². The number of fused-ring (bicyclic) bond motifs is 1. The number of hydrogen-bond acceptors (Lipinski definition) is 5. The van der Waals surface area contributed by atoms with E-state index < -0.39 is 16.1 Å². The molecule has 0 unspecified atom stereocenters. The molecule has 27 heavy (non-hydrogen) atoms. The number of benzene rings is 2. The Hall–Kier alpha value is -2.74. The van der Waals surface area contributed by atoms with Gasteiger partial charge in [-0.2, -0.15) is 0 Å². The van der Waals surface area contributed by atoms with Crippen LogP contribution in [0.3, 0.4) is 0 Å². The molecule has 1 amide bonds. The van der Waals surface area contributed by atoms with Crippen molar-refractivity contribution in [1.29, 1.82) is 0 Å². The lowest BCUT2D eigenvalue weighted by Crippen LogP contribution is -2.35. The van der Waals surface area contributed by atoms with Gasteiger partial charge in [0.15, 0.2) is 6.10 Å². The number of anilines is 2. The van der Waals surface area contributed by atoms with Crippen molar-refractivity contribution >= 4 is 27.3 Å².